The molecule has 0 spiro atoms. The summed E-state index contributed by atoms with van der Waals surface area (Å²) in [5, 5.41) is 11.0. The summed E-state index contributed by atoms with van der Waals surface area (Å²) in [5.74, 6) is 0.594. The van der Waals surface area contributed by atoms with Crippen molar-refractivity contribution in [2.75, 3.05) is 0 Å². The fraction of sp³-hybridized carbons (Fsp3) is 0.222. The Bertz CT molecular complexity index is 878. The van der Waals surface area contributed by atoms with Crippen LogP contribution in [0.5, 0.6) is 11.5 Å². The Morgan fingerprint density at radius 3 is 2.72 bits per heavy atom. The lowest BCUT2D eigenvalue weighted by atomic mass is 10.1. The lowest BCUT2D eigenvalue weighted by Gasteiger charge is -2.16. The summed E-state index contributed by atoms with van der Waals surface area (Å²) in [7, 11) is 0. The van der Waals surface area contributed by atoms with E-state index in [2.05, 4.69) is 15.5 Å². The zero-order chi connectivity index (χ0) is 17.8. The van der Waals surface area contributed by atoms with Gasteiger partial charge in [-0.3, -0.25) is 0 Å². The zero-order valence-corrected chi connectivity index (χ0v) is 14.2. The van der Waals surface area contributed by atoms with Gasteiger partial charge in [-0.05, 0) is 60.5 Å². The second kappa shape index (κ2) is 7.12. The molecule has 0 aliphatic carbocycles. The SMILES string of the molecule is Cc1cccc(O[C@@H](C)C(=O)Oc2cccc(-n3cnnn3)c2)c1C. The van der Waals surface area contributed by atoms with Crippen LogP contribution >= 0.6 is 0 Å². The van der Waals surface area contributed by atoms with E-state index >= 15 is 0 Å². The van der Waals surface area contributed by atoms with E-state index < -0.39 is 12.1 Å². The van der Waals surface area contributed by atoms with E-state index in [-0.39, 0.29) is 0 Å². The molecule has 0 saturated heterocycles. The van der Waals surface area contributed by atoms with E-state index in [0.717, 1.165) is 11.1 Å². The minimum atomic E-state index is -0.739. The molecule has 0 bridgehead atoms. The molecule has 1 aromatic heterocycles. The monoisotopic (exact) mass is 338 g/mol. The molecule has 2 aromatic carbocycles. The van der Waals surface area contributed by atoms with Crippen molar-refractivity contribution in [2.24, 2.45) is 0 Å². The number of nitrogens with zero attached hydrogens (tertiary/aromatic N) is 4. The molecule has 0 radical (unpaired) electrons. The van der Waals surface area contributed by atoms with Gasteiger partial charge < -0.3 is 9.47 Å². The van der Waals surface area contributed by atoms with Crippen molar-refractivity contribution < 1.29 is 14.3 Å². The van der Waals surface area contributed by atoms with Gasteiger partial charge in [0.05, 0.1) is 5.69 Å². The van der Waals surface area contributed by atoms with Crippen LogP contribution in [0, 0.1) is 13.8 Å². The van der Waals surface area contributed by atoms with Crippen LogP contribution in [0.15, 0.2) is 48.8 Å². The Kier molecular flexibility index (Phi) is 4.74. The molecule has 3 aromatic rings. The van der Waals surface area contributed by atoms with Crippen LogP contribution in [0.2, 0.25) is 0 Å². The van der Waals surface area contributed by atoms with Crippen LogP contribution in [0.3, 0.4) is 0 Å². The summed E-state index contributed by atoms with van der Waals surface area (Å²) >= 11 is 0. The molecular weight excluding hydrogens is 320 g/mol. The molecule has 7 heteroatoms. The third-order valence-electron chi connectivity index (χ3n) is 3.84. The predicted molar refractivity (Wildman–Crippen MR) is 90.8 cm³/mol. The van der Waals surface area contributed by atoms with E-state index in [9.17, 15) is 4.79 Å². The third kappa shape index (κ3) is 3.82. The maximum atomic E-state index is 12.3. The standard InChI is InChI=1S/C18H18N4O3/c1-12-6-4-9-17(13(12)2)24-14(3)18(23)25-16-8-5-7-15(10-16)22-11-19-20-21-22/h4-11,14H,1-3H3/t14-/m0/s1. The average molecular weight is 338 g/mol. The second-order valence-corrected chi connectivity index (χ2v) is 5.63. The van der Waals surface area contributed by atoms with Crippen molar-refractivity contribution in [3.05, 3.63) is 59.9 Å². The Morgan fingerprint density at radius 2 is 1.96 bits per heavy atom. The topological polar surface area (TPSA) is 79.1 Å². The Hall–Kier alpha value is -3.22. The maximum Gasteiger partial charge on any atom is 0.352 e. The molecule has 0 unspecified atom stereocenters. The van der Waals surface area contributed by atoms with Gasteiger partial charge >= 0.3 is 5.97 Å². The quantitative estimate of drug-likeness (QED) is 0.526. The molecule has 3 rings (SSSR count). The molecule has 1 atom stereocenters. The predicted octanol–water partition coefficient (Wildman–Crippen LogP) is 2.65. The highest BCUT2D eigenvalue weighted by Gasteiger charge is 2.18. The van der Waals surface area contributed by atoms with Crippen molar-refractivity contribution in [2.45, 2.75) is 26.9 Å². The highest BCUT2D eigenvalue weighted by Crippen LogP contribution is 2.22. The van der Waals surface area contributed by atoms with Crippen LogP contribution in [0.4, 0.5) is 0 Å². The number of hydrogen-bond acceptors (Lipinski definition) is 6. The van der Waals surface area contributed by atoms with Crippen molar-refractivity contribution in [1.82, 2.24) is 20.2 Å². The van der Waals surface area contributed by atoms with Crippen LogP contribution < -0.4 is 9.47 Å². The first kappa shape index (κ1) is 16.6. The van der Waals surface area contributed by atoms with E-state index in [1.807, 2.05) is 38.1 Å². The fourth-order valence-electron chi connectivity index (χ4n) is 2.26. The Labute approximate surface area is 145 Å². The van der Waals surface area contributed by atoms with Gasteiger partial charge in [0.2, 0.25) is 0 Å². The molecule has 0 aliphatic heterocycles. The van der Waals surface area contributed by atoms with E-state index in [1.165, 1.54) is 11.0 Å². The number of hydrogen-bond donors (Lipinski definition) is 0. The smallest absolute Gasteiger partial charge is 0.352 e. The minimum Gasteiger partial charge on any atom is -0.479 e. The summed E-state index contributed by atoms with van der Waals surface area (Å²) in [6.45, 7) is 5.61. The van der Waals surface area contributed by atoms with Gasteiger partial charge in [0.25, 0.3) is 0 Å². The van der Waals surface area contributed by atoms with Gasteiger partial charge in [-0.1, -0.05) is 18.2 Å². The first-order valence-corrected chi connectivity index (χ1v) is 7.82. The van der Waals surface area contributed by atoms with Crippen LogP contribution in [-0.4, -0.2) is 32.3 Å². The largest absolute Gasteiger partial charge is 0.479 e. The van der Waals surface area contributed by atoms with Crippen molar-refractivity contribution >= 4 is 5.97 Å². The lowest BCUT2D eigenvalue weighted by Crippen LogP contribution is -2.28. The van der Waals surface area contributed by atoms with Crippen LogP contribution in [0.1, 0.15) is 18.1 Å². The fourth-order valence-corrected chi connectivity index (χ4v) is 2.26. The van der Waals surface area contributed by atoms with E-state index in [0.29, 0.717) is 17.2 Å². The van der Waals surface area contributed by atoms with Gasteiger partial charge in [-0.15, -0.1) is 5.10 Å². The average Bonchev–Trinajstić information content (AvgIpc) is 3.14. The summed E-state index contributed by atoms with van der Waals surface area (Å²) < 4.78 is 12.6. The van der Waals surface area contributed by atoms with Crippen molar-refractivity contribution in [3.63, 3.8) is 0 Å². The summed E-state index contributed by atoms with van der Waals surface area (Å²) in [4.78, 5) is 12.3. The summed E-state index contributed by atoms with van der Waals surface area (Å²) in [5.41, 5.74) is 2.80. The first-order chi connectivity index (χ1) is 12.0. The Morgan fingerprint density at radius 1 is 1.16 bits per heavy atom. The normalized spacial score (nSPS) is 11.8. The van der Waals surface area contributed by atoms with E-state index in [1.54, 1.807) is 25.1 Å². The van der Waals surface area contributed by atoms with Gasteiger partial charge in [-0.25, -0.2) is 9.48 Å². The third-order valence-corrected chi connectivity index (χ3v) is 3.84. The van der Waals surface area contributed by atoms with Gasteiger partial charge in [0.1, 0.15) is 17.8 Å². The number of esters is 1. The summed E-state index contributed by atoms with van der Waals surface area (Å²) in [6.07, 6.45) is 0.727. The van der Waals surface area contributed by atoms with Crippen molar-refractivity contribution in [3.8, 4) is 17.2 Å². The molecule has 128 valence electrons. The first-order valence-electron chi connectivity index (χ1n) is 7.82. The van der Waals surface area contributed by atoms with Gasteiger partial charge in [0.15, 0.2) is 6.10 Å². The van der Waals surface area contributed by atoms with Crippen molar-refractivity contribution in [1.29, 1.82) is 0 Å². The number of carbonyl (C=O) groups is 1. The highest BCUT2D eigenvalue weighted by molar-refractivity contribution is 5.77. The maximum absolute atomic E-state index is 12.3. The zero-order valence-electron chi connectivity index (χ0n) is 14.2. The molecule has 0 aliphatic rings. The van der Waals surface area contributed by atoms with Crippen LogP contribution in [-0.2, 0) is 4.79 Å². The van der Waals surface area contributed by atoms with Gasteiger partial charge in [0, 0.05) is 6.07 Å². The number of benzene rings is 2. The summed E-state index contributed by atoms with van der Waals surface area (Å²) in [6, 6.07) is 12.7. The van der Waals surface area contributed by atoms with E-state index in [4.69, 9.17) is 9.47 Å². The molecule has 0 N–H and O–H groups in total. The number of aryl methyl sites for hydroxylation is 1. The van der Waals surface area contributed by atoms with Crippen LogP contribution in [0.25, 0.3) is 5.69 Å². The molecule has 0 amide bonds. The number of tetrazole rings is 1. The van der Waals surface area contributed by atoms with Gasteiger partial charge in [-0.2, -0.15) is 0 Å². The highest BCUT2D eigenvalue weighted by atomic mass is 16.6. The molecule has 0 fully saturated rings. The lowest BCUT2D eigenvalue weighted by molar-refractivity contribution is -0.141. The number of ether oxygens (including phenoxy) is 2. The molecule has 25 heavy (non-hydrogen) atoms. The minimum absolute atomic E-state index is 0.398. The molecular formula is C18H18N4O3. The Balaban J connectivity index is 1.69. The molecule has 0 saturated carbocycles. The molecule has 7 nitrogen and oxygen atoms in total. The number of carbonyl (C=O) groups excluding carboxylic acids is 1. The number of rotatable bonds is 5. The molecule has 1 heterocycles. The number of aromatic nitrogens is 4. The second-order valence-electron chi connectivity index (χ2n) is 5.63.